The van der Waals surface area contributed by atoms with Crippen LogP contribution in [0.2, 0.25) is 0 Å². The molecule has 0 unspecified atom stereocenters. The average molecular weight is 425 g/mol. The normalized spacial score (nSPS) is 18.0. The fourth-order valence-corrected chi connectivity index (χ4v) is 3.61. The Morgan fingerprint density at radius 2 is 1.74 bits per heavy atom. The Bertz CT molecular complexity index is 963. The number of imide groups is 1. The number of benzene rings is 2. The SMILES string of the molecule is CCOc1ccc(OCC)c(NC(=O)CN2C(=O)N[C@](CC)(c3ccccc3)C2=O)c1. The number of ether oxygens (including phenoxy) is 2. The third-order valence-electron chi connectivity index (χ3n) is 5.11. The van der Waals surface area contributed by atoms with Crippen molar-refractivity contribution in [3.63, 3.8) is 0 Å². The zero-order valence-electron chi connectivity index (χ0n) is 17.9. The average Bonchev–Trinajstić information content (AvgIpc) is 3.01. The van der Waals surface area contributed by atoms with Crippen LogP contribution in [0.5, 0.6) is 11.5 Å². The number of urea groups is 1. The van der Waals surface area contributed by atoms with Crippen LogP contribution in [0.1, 0.15) is 32.8 Å². The second-order valence-electron chi connectivity index (χ2n) is 7.02. The maximum Gasteiger partial charge on any atom is 0.325 e. The summed E-state index contributed by atoms with van der Waals surface area (Å²) in [5.41, 5.74) is -0.0826. The van der Waals surface area contributed by atoms with Crippen LogP contribution in [0.15, 0.2) is 48.5 Å². The molecule has 0 aliphatic carbocycles. The van der Waals surface area contributed by atoms with Crippen LogP contribution >= 0.6 is 0 Å². The van der Waals surface area contributed by atoms with Crippen molar-refractivity contribution in [2.75, 3.05) is 25.1 Å². The molecule has 3 rings (SSSR count). The van der Waals surface area contributed by atoms with Crippen LogP contribution in [0.4, 0.5) is 10.5 Å². The lowest BCUT2D eigenvalue weighted by Gasteiger charge is -2.25. The van der Waals surface area contributed by atoms with E-state index in [-0.39, 0.29) is 0 Å². The smallest absolute Gasteiger partial charge is 0.325 e. The Morgan fingerprint density at radius 1 is 1.03 bits per heavy atom. The fraction of sp³-hybridized carbons (Fsp3) is 0.348. The zero-order chi connectivity index (χ0) is 22.4. The molecule has 1 fully saturated rings. The Labute approximate surface area is 181 Å². The third kappa shape index (κ3) is 4.47. The van der Waals surface area contributed by atoms with Crippen LogP contribution in [0, 0.1) is 0 Å². The lowest BCUT2D eigenvalue weighted by molar-refractivity contribution is -0.134. The summed E-state index contributed by atoms with van der Waals surface area (Å²) >= 11 is 0. The lowest BCUT2D eigenvalue weighted by Crippen LogP contribution is -2.44. The lowest BCUT2D eigenvalue weighted by atomic mass is 9.87. The number of carbonyl (C=O) groups is 3. The third-order valence-corrected chi connectivity index (χ3v) is 5.11. The molecule has 1 aliphatic rings. The predicted molar refractivity (Wildman–Crippen MR) is 116 cm³/mol. The summed E-state index contributed by atoms with van der Waals surface area (Å²) < 4.78 is 11.0. The van der Waals surface area contributed by atoms with Gasteiger partial charge in [0.1, 0.15) is 23.6 Å². The van der Waals surface area contributed by atoms with E-state index in [2.05, 4.69) is 10.6 Å². The Hall–Kier alpha value is -3.55. The number of hydrogen-bond donors (Lipinski definition) is 2. The first-order valence-corrected chi connectivity index (χ1v) is 10.3. The minimum atomic E-state index is -1.18. The first-order chi connectivity index (χ1) is 14.9. The largest absolute Gasteiger partial charge is 0.494 e. The van der Waals surface area contributed by atoms with Crippen LogP contribution in [0.25, 0.3) is 0 Å². The number of rotatable bonds is 9. The van der Waals surface area contributed by atoms with Crippen molar-refractivity contribution in [1.82, 2.24) is 10.2 Å². The van der Waals surface area contributed by atoms with Gasteiger partial charge in [-0.15, -0.1) is 0 Å². The zero-order valence-corrected chi connectivity index (χ0v) is 17.9. The van der Waals surface area contributed by atoms with E-state index in [9.17, 15) is 14.4 Å². The number of nitrogens with one attached hydrogen (secondary N) is 2. The van der Waals surface area contributed by atoms with Crippen molar-refractivity contribution in [2.45, 2.75) is 32.7 Å². The first kappa shape index (κ1) is 22.1. The highest BCUT2D eigenvalue weighted by molar-refractivity contribution is 6.10. The molecule has 31 heavy (non-hydrogen) atoms. The van der Waals surface area contributed by atoms with Gasteiger partial charge in [-0.25, -0.2) is 4.79 Å². The van der Waals surface area contributed by atoms with Crippen molar-refractivity contribution < 1.29 is 23.9 Å². The van der Waals surface area contributed by atoms with Crippen molar-refractivity contribution in [2.24, 2.45) is 0 Å². The van der Waals surface area contributed by atoms with Gasteiger partial charge in [0, 0.05) is 6.07 Å². The van der Waals surface area contributed by atoms with Gasteiger partial charge in [-0.3, -0.25) is 14.5 Å². The van der Waals surface area contributed by atoms with E-state index in [4.69, 9.17) is 9.47 Å². The van der Waals surface area contributed by atoms with E-state index in [1.165, 1.54) is 0 Å². The number of hydrogen-bond acceptors (Lipinski definition) is 5. The summed E-state index contributed by atoms with van der Waals surface area (Å²) in [7, 11) is 0. The van der Waals surface area contributed by atoms with Crippen LogP contribution in [0.3, 0.4) is 0 Å². The van der Waals surface area contributed by atoms with Crippen molar-refractivity contribution in [3.05, 3.63) is 54.1 Å². The molecule has 1 atom stereocenters. The van der Waals surface area contributed by atoms with Crippen LogP contribution < -0.4 is 20.1 Å². The van der Waals surface area contributed by atoms with Crippen molar-refractivity contribution in [1.29, 1.82) is 0 Å². The summed E-state index contributed by atoms with van der Waals surface area (Å²) in [6.07, 6.45) is 0.366. The molecule has 1 saturated heterocycles. The molecule has 8 nitrogen and oxygen atoms in total. The summed E-state index contributed by atoms with van der Waals surface area (Å²) in [4.78, 5) is 39.5. The number of amides is 4. The Kier molecular flexibility index (Phi) is 6.79. The number of anilines is 1. The minimum Gasteiger partial charge on any atom is -0.494 e. The number of carbonyl (C=O) groups excluding carboxylic acids is 3. The molecule has 1 heterocycles. The monoisotopic (exact) mass is 425 g/mol. The molecule has 1 aliphatic heterocycles. The van der Waals surface area contributed by atoms with Crippen molar-refractivity contribution >= 4 is 23.5 Å². The molecule has 2 aromatic carbocycles. The predicted octanol–water partition coefficient (Wildman–Crippen LogP) is 3.28. The van der Waals surface area contributed by atoms with Gasteiger partial charge in [0.25, 0.3) is 5.91 Å². The van der Waals surface area contributed by atoms with E-state index >= 15 is 0 Å². The molecule has 0 aromatic heterocycles. The van der Waals surface area contributed by atoms with E-state index < -0.39 is 29.9 Å². The standard InChI is InChI=1S/C23H27N3O5/c1-4-23(16-10-8-7-9-11-16)21(28)26(22(29)25-23)15-20(27)24-18-14-17(30-5-2)12-13-19(18)31-6-3/h7-14H,4-6,15H2,1-3H3,(H,24,27)(H,25,29)/t23-/m1/s1. The second kappa shape index (κ2) is 9.51. The molecule has 164 valence electrons. The topological polar surface area (TPSA) is 97.0 Å². The van der Waals surface area contributed by atoms with Gasteiger partial charge >= 0.3 is 6.03 Å². The van der Waals surface area contributed by atoms with E-state index in [0.717, 1.165) is 4.90 Å². The van der Waals surface area contributed by atoms with Crippen LogP contribution in [-0.4, -0.2) is 42.5 Å². The highest BCUT2D eigenvalue weighted by atomic mass is 16.5. The van der Waals surface area contributed by atoms with Crippen molar-refractivity contribution in [3.8, 4) is 11.5 Å². The molecule has 0 bridgehead atoms. The van der Waals surface area contributed by atoms with E-state index in [0.29, 0.717) is 42.4 Å². The first-order valence-electron chi connectivity index (χ1n) is 10.3. The van der Waals surface area contributed by atoms with E-state index in [1.807, 2.05) is 39.0 Å². The maximum atomic E-state index is 13.2. The molecule has 8 heteroatoms. The Balaban J connectivity index is 1.79. The van der Waals surface area contributed by atoms with E-state index in [1.54, 1.807) is 30.3 Å². The summed E-state index contributed by atoms with van der Waals surface area (Å²) in [6, 6.07) is 13.5. The molecule has 2 aromatic rings. The van der Waals surface area contributed by atoms with Gasteiger partial charge in [0.15, 0.2) is 0 Å². The van der Waals surface area contributed by atoms with Gasteiger partial charge in [0.05, 0.1) is 18.9 Å². The molecular formula is C23H27N3O5. The molecule has 0 spiro atoms. The molecule has 0 radical (unpaired) electrons. The van der Waals surface area contributed by atoms with Gasteiger partial charge < -0.3 is 20.1 Å². The highest BCUT2D eigenvalue weighted by Crippen LogP contribution is 2.33. The van der Waals surface area contributed by atoms with Gasteiger partial charge in [0.2, 0.25) is 5.91 Å². The van der Waals surface area contributed by atoms with Gasteiger partial charge in [-0.05, 0) is 38.0 Å². The molecule has 0 saturated carbocycles. The maximum absolute atomic E-state index is 13.2. The van der Waals surface area contributed by atoms with Gasteiger partial charge in [-0.1, -0.05) is 37.3 Å². The second-order valence-corrected chi connectivity index (χ2v) is 7.02. The molecular weight excluding hydrogens is 398 g/mol. The van der Waals surface area contributed by atoms with Crippen LogP contribution in [-0.2, 0) is 15.1 Å². The minimum absolute atomic E-state index is 0.366. The summed E-state index contributed by atoms with van der Waals surface area (Å²) in [5, 5.41) is 5.50. The quantitative estimate of drug-likeness (QED) is 0.601. The molecule has 2 N–H and O–H groups in total. The van der Waals surface area contributed by atoms with Gasteiger partial charge in [-0.2, -0.15) is 0 Å². The fourth-order valence-electron chi connectivity index (χ4n) is 3.61. The highest BCUT2D eigenvalue weighted by Gasteiger charge is 2.51. The number of nitrogens with zero attached hydrogens (tertiary/aromatic N) is 1. The molecule has 4 amide bonds. The summed E-state index contributed by atoms with van der Waals surface area (Å²) in [5.74, 6) is 0.0848. The summed E-state index contributed by atoms with van der Waals surface area (Å²) in [6.45, 7) is 6.00. The Morgan fingerprint density at radius 3 is 2.39 bits per heavy atom.